The minimum atomic E-state index is -0.106. The number of anilines is 1. The molecule has 110 valence electrons. The Morgan fingerprint density at radius 1 is 1.43 bits per heavy atom. The molecule has 0 unspecified atom stereocenters. The SMILES string of the molecule is CSc1ccc2c(c1)CCN(C(=O)Nc1nc(C)ns1)C2. The Morgan fingerprint density at radius 2 is 2.29 bits per heavy atom. The second-order valence-electron chi connectivity index (χ2n) is 4.88. The largest absolute Gasteiger partial charge is 0.323 e. The van der Waals surface area contributed by atoms with Crippen molar-refractivity contribution >= 4 is 34.5 Å². The van der Waals surface area contributed by atoms with Crippen LogP contribution in [0.2, 0.25) is 0 Å². The summed E-state index contributed by atoms with van der Waals surface area (Å²) in [6, 6.07) is 6.35. The number of urea groups is 1. The third-order valence-electron chi connectivity index (χ3n) is 3.45. The molecule has 0 atom stereocenters. The third kappa shape index (κ3) is 3.19. The van der Waals surface area contributed by atoms with Gasteiger partial charge in [0, 0.05) is 29.5 Å². The molecule has 0 saturated heterocycles. The highest BCUT2D eigenvalue weighted by Gasteiger charge is 2.21. The van der Waals surface area contributed by atoms with Gasteiger partial charge >= 0.3 is 6.03 Å². The number of nitrogens with zero attached hydrogens (tertiary/aromatic N) is 3. The molecule has 3 rings (SSSR count). The van der Waals surface area contributed by atoms with E-state index in [-0.39, 0.29) is 6.03 Å². The van der Waals surface area contributed by atoms with E-state index in [2.05, 4.69) is 39.1 Å². The van der Waals surface area contributed by atoms with Crippen molar-refractivity contribution in [2.45, 2.75) is 24.8 Å². The van der Waals surface area contributed by atoms with Crippen LogP contribution in [-0.2, 0) is 13.0 Å². The molecule has 5 nitrogen and oxygen atoms in total. The highest BCUT2D eigenvalue weighted by atomic mass is 32.2. The van der Waals surface area contributed by atoms with E-state index in [1.165, 1.54) is 27.6 Å². The van der Waals surface area contributed by atoms with E-state index < -0.39 is 0 Å². The minimum Gasteiger partial charge on any atom is -0.320 e. The van der Waals surface area contributed by atoms with E-state index in [1.54, 1.807) is 11.8 Å². The van der Waals surface area contributed by atoms with Crippen molar-refractivity contribution in [2.75, 3.05) is 18.1 Å². The Bertz CT molecular complexity index is 671. The highest BCUT2D eigenvalue weighted by Crippen LogP contribution is 2.25. The molecule has 2 heterocycles. The molecule has 0 saturated carbocycles. The first kappa shape index (κ1) is 14.3. The maximum absolute atomic E-state index is 12.3. The van der Waals surface area contributed by atoms with Gasteiger partial charge in [-0.25, -0.2) is 9.78 Å². The lowest BCUT2D eigenvalue weighted by molar-refractivity contribution is 0.206. The average molecular weight is 320 g/mol. The Labute approximate surface area is 131 Å². The maximum atomic E-state index is 12.3. The van der Waals surface area contributed by atoms with Gasteiger partial charge in [-0.2, -0.15) is 4.37 Å². The molecule has 0 spiro atoms. The van der Waals surface area contributed by atoms with Gasteiger partial charge in [0.25, 0.3) is 0 Å². The Morgan fingerprint density at radius 3 is 3.00 bits per heavy atom. The average Bonchev–Trinajstić information content (AvgIpc) is 2.91. The van der Waals surface area contributed by atoms with Gasteiger partial charge in [-0.05, 0) is 42.9 Å². The fraction of sp³-hybridized carbons (Fsp3) is 0.357. The number of amides is 2. The maximum Gasteiger partial charge on any atom is 0.323 e. The van der Waals surface area contributed by atoms with E-state index in [0.717, 1.165) is 13.0 Å². The molecule has 1 N–H and O–H groups in total. The lowest BCUT2D eigenvalue weighted by Gasteiger charge is -2.28. The van der Waals surface area contributed by atoms with Gasteiger partial charge in [-0.1, -0.05) is 6.07 Å². The molecule has 21 heavy (non-hydrogen) atoms. The number of thioether (sulfide) groups is 1. The smallest absolute Gasteiger partial charge is 0.320 e. The normalized spacial score (nSPS) is 13.9. The monoisotopic (exact) mass is 320 g/mol. The van der Waals surface area contributed by atoms with Crippen LogP contribution in [0.15, 0.2) is 23.1 Å². The van der Waals surface area contributed by atoms with Crippen molar-refractivity contribution in [3.8, 4) is 0 Å². The second-order valence-corrected chi connectivity index (χ2v) is 6.51. The Kier molecular flexibility index (Phi) is 4.12. The summed E-state index contributed by atoms with van der Waals surface area (Å²) in [6.07, 6.45) is 2.97. The van der Waals surface area contributed by atoms with Crippen molar-refractivity contribution in [2.24, 2.45) is 0 Å². The zero-order chi connectivity index (χ0) is 14.8. The van der Waals surface area contributed by atoms with Crippen molar-refractivity contribution < 1.29 is 4.79 Å². The van der Waals surface area contributed by atoms with Crippen LogP contribution in [-0.4, -0.2) is 33.1 Å². The van der Waals surface area contributed by atoms with E-state index in [0.29, 0.717) is 17.5 Å². The van der Waals surface area contributed by atoms with Crippen LogP contribution >= 0.6 is 23.3 Å². The summed E-state index contributed by atoms with van der Waals surface area (Å²) in [4.78, 5) is 19.5. The molecule has 0 bridgehead atoms. The molecule has 0 aliphatic carbocycles. The number of aromatic nitrogens is 2. The zero-order valence-corrected chi connectivity index (χ0v) is 13.6. The predicted octanol–water partition coefficient (Wildman–Crippen LogP) is 3.16. The standard InChI is InChI=1S/C14H16N4OS2/c1-9-15-13(21-17-9)16-14(19)18-6-5-10-7-12(20-2)4-3-11(10)8-18/h3-4,7H,5-6,8H2,1-2H3,(H,15,16,17,19). The van der Waals surface area contributed by atoms with Crippen LogP contribution in [0, 0.1) is 6.92 Å². The van der Waals surface area contributed by atoms with E-state index >= 15 is 0 Å². The quantitative estimate of drug-likeness (QED) is 0.864. The summed E-state index contributed by atoms with van der Waals surface area (Å²) in [5, 5.41) is 3.37. The molecule has 2 aromatic rings. The minimum absolute atomic E-state index is 0.106. The fourth-order valence-electron chi connectivity index (χ4n) is 2.35. The van der Waals surface area contributed by atoms with Crippen LogP contribution in [0.5, 0.6) is 0 Å². The van der Waals surface area contributed by atoms with Crippen molar-refractivity contribution in [3.63, 3.8) is 0 Å². The van der Waals surface area contributed by atoms with Crippen LogP contribution < -0.4 is 5.32 Å². The van der Waals surface area contributed by atoms with Crippen LogP contribution in [0.4, 0.5) is 9.93 Å². The molecule has 2 amide bonds. The van der Waals surface area contributed by atoms with Gasteiger partial charge in [0.2, 0.25) is 5.13 Å². The first-order valence-corrected chi connectivity index (χ1v) is 8.67. The van der Waals surface area contributed by atoms with Gasteiger partial charge in [0.1, 0.15) is 5.82 Å². The molecule has 0 radical (unpaired) electrons. The zero-order valence-electron chi connectivity index (χ0n) is 11.9. The van der Waals surface area contributed by atoms with Crippen molar-refractivity contribution in [1.29, 1.82) is 0 Å². The number of aryl methyl sites for hydroxylation is 1. The lowest BCUT2D eigenvalue weighted by atomic mass is 10.0. The van der Waals surface area contributed by atoms with Crippen LogP contribution in [0.3, 0.4) is 0 Å². The summed E-state index contributed by atoms with van der Waals surface area (Å²) >= 11 is 2.96. The summed E-state index contributed by atoms with van der Waals surface area (Å²) in [5.41, 5.74) is 2.57. The van der Waals surface area contributed by atoms with Crippen LogP contribution in [0.25, 0.3) is 0 Å². The summed E-state index contributed by atoms with van der Waals surface area (Å²) < 4.78 is 4.06. The Balaban J connectivity index is 1.69. The van der Waals surface area contributed by atoms with E-state index in [1.807, 2.05) is 11.8 Å². The van der Waals surface area contributed by atoms with Gasteiger partial charge in [-0.15, -0.1) is 11.8 Å². The van der Waals surface area contributed by atoms with E-state index in [9.17, 15) is 4.79 Å². The number of rotatable bonds is 2. The van der Waals surface area contributed by atoms with Gasteiger partial charge in [0.15, 0.2) is 0 Å². The van der Waals surface area contributed by atoms with E-state index in [4.69, 9.17) is 0 Å². The molecule has 1 aromatic carbocycles. The van der Waals surface area contributed by atoms with Gasteiger partial charge < -0.3 is 4.90 Å². The van der Waals surface area contributed by atoms with Crippen LogP contribution in [0.1, 0.15) is 17.0 Å². The highest BCUT2D eigenvalue weighted by molar-refractivity contribution is 7.98. The lowest BCUT2D eigenvalue weighted by Crippen LogP contribution is -2.38. The fourth-order valence-corrected chi connectivity index (χ4v) is 3.38. The summed E-state index contributed by atoms with van der Waals surface area (Å²) in [6.45, 7) is 3.19. The van der Waals surface area contributed by atoms with Crippen molar-refractivity contribution in [3.05, 3.63) is 35.2 Å². The Hall–Kier alpha value is -1.60. The number of hydrogen-bond acceptors (Lipinski definition) is 5. The molecular weight excluding hydrogens is 304 g/mol. The molecular formula is C14H16N4OS2. The summed E-state index contributed by atoms with van der Waals surface area (Å²) in [5.74, 6) is 0.684. The van der Waals surface area contributed by atoms with Gasteiger partial charge in [0.05, 0.1) is 0 Å². The molecule has 1 aliphatic rings. The molecule has 0 fully saturated rings. The molecule has 7 heteroatoms. The number of carbonyl (C=O) groups is 1. The number of carbonyl (C=O) groups excluding carboxylic acids is 1. The van der Waals surface area contributed by atoms with Crippen molar-refractivity contribution in [1.82, 2.24) is 14.3 Å². The summed E-state index contributed by atoms with van der Waals surface area (Å²) in [7, 11) is 0. The topological polar surface area (TPSA) is 58.1 Å². The first-order chi connectivity index (χ1) is 10.2. The third-order valence-corrected chi connectivity index (χ3v) is 4.90. The molecule has 1 aliphatic heterocycles. The number of benzene rings is 1. The second kappa shape index (κ2) is 6.03. The number of fused-ring (bicyclic) bond motifs is 1. The number of nitrogens with one attached hydrogen (secondary N) is 1. The van der Waals surface area contributed by atoms with Gasteiger partial charge in [-0.3, -0.25) is 5.32 Å². The molecule has 1 aromatic heterocycles. The first-order valence-electron chi connectivity index (χ1n) is 6.68. The number of hydrogen-bond donors (Lipinski definition) is 1. The predicted molar refractivity (Wildman–Crippen MR) is 86.0 cm³/mol.